The second-order valence-corrected chi connectivity index (χ2v) is 14.7. The van der Waals surface area contributed by atoms with Crippen molar-refractivity contribution in [2.24, 2.45) is 0 Å². The molecule has 0 N–H and O–H groups in total. The van der Waals surface area contributed by atoms with Crippen molar-refractivity contribution in [2.45, 2.75) is 0 Å². The molecule has 0 saturated heterocycles. The van der Waals surface area contributed by atoms with Gasteiger partial charge in [0.1, 0.15) is 11.2 Å². The van der Waals surface area contributed by atoms with E-state index in [1.807, 2.05) is 72.8 Å². The number of aromatic nitrogens is 5. The Balaban J connectivity index is 1.06. The van der Waals surface area contributed by atoms with Crippen LogP contribution in [-0.2, 0) is 0 Å². The maximum atomic E-state index is 6.59. The van der Waals surface area contributed by atoms with Crippen LogP contribution in [-0.4, -0.2) is 24.9 Å². The highest BCUT2D eigenvalue weighted by Gasteiger charge is 2.20. The van der Waals surface area contributed by atoms with Gasteiger partial charge in [0, 0.05) is 48.7 Å². The minimum Gasteiger partial charge on any atom is -0.456 e. The minimum absolute atomic E-state index is 0.573. The lowest BCUT2D eigenvalue weighted by atomic mass is 10.0. The Hall–Kier alpha value is -7.35. The van der Waals surface area contributed by atoms with Crippen LogP contribution in [0.4, 0.5) is 0 Å². The monoisotopic (exact) mass is 735 g/mol. The molecule has 0 fully saturated rings. The fourth-order valence-corrected chi connectivity index (χ4v) is 8.60. The fraction of sp³-hybridized carbons (Fsp3) is 0. The van der Waals surface area contributed by atoms with Crippen molar-refractivity contribution in [3.8, 4) is 67.9 Å². The molecule has 262 valence electrons. The first kappa shape index (κ1) is 32.1. The van der Waals surface area contributed by atoms with Crippen LogP contribution in [0.25, 0.3) is 110 Å². The van der Waals surface area contributed by atoms with E-state index in [4.69, 9.17) is 29.3 Å². The van der Waals surface area contributed by atoms with E-state index < -0.39 is 0 Å². The van der Waals surface area contributed by atoms with Crippen molar-refractivity contribution < 1.29 is 4.42 Å². The number of benzene rings is 7. The van der Waals surface area contributed by atoms with Crippen molar-refractivity contribution >= 4 is 53.6 Å². The van der Waals surface area contributed by atoms with Gasteiger partial charge < -0.3 is 4.42 Å². The van der Waals surface area contributed by atoms with Crippen LogP contribution >= 0.6 is 11.3 Å². The van der Waals surface area contributed by atoms with Gasteiger partial charge in [0.05, 0.1) is 15.9 Å². The highest BCUT2D eigenvalue weighted by atomic mass is 32.1. The zero-order chi connectivity index (χ0) is 37.0. The van der Waals surface area contributed by atoms with Gasteiger partial charge in [-0.15, -0.1) is 11.3 Å². The average molecular weight is 736 g/mol. The molecule has 11 aromatic rings. The Bertz CT molecular complexity index is 3230. The van der Waals surface area contributed by atoms with Gasteiger partial charge in [0.25, 0.3) is 0 Å². The lowest BCUT2D eigenvalue weighted by Gasteiger charge is -2.10. The maximum Gasteiger partial charge on any atom is 0.164 e. The third kappa shape index (κ3) is 5.52. The molecule has 0 aliphatic heterocycles. The van der Waals surface area contributed by atoms with Gasteiger partial charge in [-0.25, -0.2) is 24.9 Å². The molecule has 7 aromatic carbocycles. The van der Waals surface area contributed by atoms with E-state index in [2.05, 4.69) is 103 Å². The SMILES string of the molecule is c1ccc(-c2ccc(-c3nc(-c4ccccc4)nc(-c4cccc5oc6cc(-c7nc(-c8ccccc8)c8sc9ccccc9c8n7)ccc6c45)n3)cc2)cc1. The molecular weight excluding hydrogens is 707 g/mol. The summed E-state index contributed by atoms with van der Waals surface area (Å²) >= 11 is 1.73. The molecule has 6 nitrogen and oxygen atoms in total. The van der Waals surface area contributed by atoms with Crippen LogP contribution in [0, 0.1) is 0 Å². The Morgan fingerprint density at radius 3 is 1.70 bits per heavy atom. The summed E-state index contributed by atoms with van der Waals surface area (Å²) in [7, 11) is 0. The second-order valence-electron chi connectivity index (χ2n) is 13.6. The van der Waals surface area contributed by atoms with Gasteiger partial charge in [-0.05, 0) is 35.4 Å². The summed E-state index contributed by atoms with van der Waals surface area (Å²) in [5.74, 6) is 2.43. The molecule has 0 spiro atoms. The molecular formula is C49H29N5OS. The first-order valence-electron chi connectivity index (χ1n) is 18.4. The Morgan fingerprint density at radius 2 is 0.946 bits per heavy atom. The largest absolute Gasteiger partial charge is 0.456 e. The zero-order valence-corrected chi connectivity index (χ0v) is 30.6. The molecule has 7 heteroatoms. The molecule has 0 saturated carbocycles. The van der Waals surface area contributed by atoms with Crippen LogP contribution < -0.4 is 0 Å². The molecule has 0 unspecified atom stereocenters. The van der Waals surface area contributed by atoms with Gasteiger partial charge in [-0.1, -0.05) is 152 Å². The molecule has 0 aliphatic rings. The Morgan fingerprint density at radius 1 is 0.375 bits per heavy atom. The lowest BCUT2D eigenvalue weighted by molar-refractivity contribution is 0.669. The van der Waals surface area contributed by atoms with Gasteiger partial charge in [0.2, 0.25) is 0 Å². The smallest absolute Gasteiger partial charge is 0.164 e. The molecule has 0 bridgehead atoms. The number of thiophene rings is 1. The first-order chi connectivity index (χ1) is 27.7. The van der Waals surface area contributed by atoms with E-state index in [-0.39, 0.29) is 0 Å². The van der Waals surface area contributed by atoms with Crippen molar-refractivity contribution in [1.29, 1.82) is 0 Å². The number of fused-ring (bicyclic) bond motifs is 6. The normalized spacial score (nSPS) is 11.6. The minimum atomic E-state index is 0.573. The highest BCUT2D eigenvalue weighted by Crippen LogP contribution is 2.41. The first-order valence-corrected chi connectivity index (χ1v) is 19.2. The number of nitrogens with zero attached hydrogens (tertiary/aromatic N) is 5. The summed E-state index contributed by atoms with van der Waals surface area (Å²) in [6, 6.07) is 59.8. The molecule has 11 rings (SSSR count). The van der Waals surface area contributed by atoms with Crippen LogP contribution in [0.3, 0.4) is 0 Å². The third-order valence-electron chi connectivity index (χ3n) is 10.2. The summed E-state index contributed by atoms with van der Waals surface area (Å²) in [4.78, 5) is 25.5. The van der Waals surface area contributed by atoms with Crippen molar-refractivity contribution in [1.82, 2.24) is 24.9 Å². The summed E-state index contributed by atoms with van der Waals surface area (Å²) in [5, 5.41) is 3.02. The van der Waals surface area contributed by atoms with Crippen LogP contribution in [0.15, 0.2) is 180 Å². The summed E-state index contributed by atoms with van der Waals surface area (Å²) in [6.45, 7) is 0. The number of hydrogen-bond acceptors (Lipinski definition) is 7. The topological polar surface area (TPSA) is 77.6 Å². The van der Waals surface area contributed by atoms with Crippen LogP contribution in [0.5, 0.6) is 0 Å². The van der Waals surface area contributed by atoms with E-state index in [9.17, 15) is 0 Å². The standard InChI is InChI=1S/C49H29N5OS/c1-4-13-30(14-5-1)31-23-25-34(26-24-31)47-52-46(33-17-8-3-9-18-33)53-49(54-47)38-20-12-21-39-42(38)36-28-27-35(29-40(36)55-39)48-50-43(32-15-6-2-7-16-32)45-44(51-48)37-19-10-11-22-41(37)56-45/h1-29H. The number of rotatable bonds is 6. The number of hydrogen-bond donors (Lipinski definition) is 0. The Kier molecular flexibility index (Phi) is 7.57. The lowest BCUT2D eigenvalue weighted by Crippen LogP contribution is -2.00. The summed E-state index contributed by atoms with van der Waals surface area (Å²) in [5.41, 5.74) is 10.3. The molecule has 4 heterocycles. The summed E-state index contributed by atoms with van der Waals surface area (Å²) < 4.78 is 8.86. The molecule has 4 aromatic heterocycles. The van der Waals surface area contributed by atoms with E-state index in [1.165, 1.54) is 4.70 Å². The second kappa shape index (κ2) is 13.2. The van der Waals surface area contributed by atoms with E-state index in [1.54, 1.807) is 11.3 Å². The molecule has 0 radical (unpaired) electrons. The van der Waals surface area contributed by atoms with Gasteiger partial charge in [0.15, 0.2) is 23.3 Å². The highest BCUT2D eigenvalue weighted by molar-refractivity contribution is 7.26. The van der Waals surface area contributed by atoms with Crippen LogP contribution in [0.2, 0.25) is 0 Å². The fourth-order valence-electron chi connectivity index (χ4n) is 7.45. The molecule has 0 aliphatic carbocycles. The quantitative estimate of drug-likeness (QED) is 0.169. The van der Waals surface area contributed by atoms with Crippen molar-refractivity contribution in [3.05, 3.63) is 176 Å². The Labute approximate surface area is 325 Å². The van der Waals surface area contributed by atoms with E-state index in [0.717, 1.165) is 82.2 Å². The van der Waals surface area contributed by atoms with Crippen molar-refractivity contribution in [2.75, 3.05) is 0 Å². The van der Waals surface area contributed by atoms with Gasteiger partial charge in [-0.2, -0.15) is 0 Å². The number of furan rings is 1. The molecule has 0 amide bonds. The van der Waals surface area contributed by atoms with Crippen LogP contribution in [0.1, 0.15) is 0 Å². The van der Waals surface area contributed by atoms with Gasteiger partial charge >= 0.3 is 0 Å². The molecule has 0 atom stereocenters. The van der Waals surface area contributed by atoms with Gasteiger partial charge in [-0.3, -0.25) is 0 Å². The summed E-state index contributed by atoms with van der Waals surface area (Å²) in [6.07, 6.45) is 0. The average Bonchev–Trinajstić information content (AvgIpc) is 3.85. The van der Waals surface area contributed by atoms with E-state index >= 15 is 0 Å². The van der Waals surface area contributed by atoms with E-state index in [0.29, 0.717) is 23.3 Å². The molecule has 56 heavy (non-hydrogen) atoms. The van der Waals surface area contributed by atoms with Crippen molar-refractivity contribution in [3.63, 3.8) is 0 Å². The maximum absolute atomic E-state index is 6.59. The third-order valence-corrected chi connectivity index (χ3v) is 11.3. The predicted octanol–water partition coefficient (Wildman–Crippen LogP) is 12.9. The predicted molar refractivity (Wildman–Crippen MR) is 228 cm³/mol. The zero-order valence-electron chi connectivity index (χ0n) is 29.8.